The second kappa shape index (κ2) is 10.3. The third-order valence-electron chi connectivity index (χ3n) is 7.87. The molecule has 1 aliphatic heterocycles. The van der Waals surface area contributed by atoms with Crippen molar-refractivity contribution in [3.8, 4) is 11.4 Å². The average Bonchev–Trinajstić information content (AvgIpc) is 3.63. The van der Waals surface area contributed by atoms with Gasteiger partial charge >= 0.3 is 0 Å². The summed E-state index contributed by atoms with van der Waals surface area (Å²) in [4.78, 5) is 6.97. The zero-order chi connectivity index (χ0) is 26.2. The molecule has 0 radical (unpaired) electrons. The van der Waals surface area contributed by atoms with Crippen LogP contribution in [0.1, 0.15) is 66.0 Å². The molecule has 194 valence electrons. The fourth-order valence-corrected chi connectivity index (χ4v) is 6.43. The minimum Gasteiger partial charge on any atom is -0.490 e. The topological polar surface area (TPSA) is 42.3 Å². The van der Waals surface area contributed by atoms with E-state index in [-0.39, 0.29) is 12.1 Å². The van der Waals surface area contributed by atoms with Crippen molar-refractivity contribution in [1.82, 2.24) is 14.9 Å². The first-order chi connectivity index (χ1) is 18.5. The van der Waals surface area contributed by atoms with Crippen LogP contribution in [-0.4, -0.2) is 20.8 Å². The quantitative estimate of drug-likeness (QED) is 0.269. The summed E-state index contributed by atoms with van der Waals surface area (Å²) in [5.74, 6) is 0.925. The molecular formula is C32H34N4OS. The van der Waals surface area contributed by atoms with Crippen molar-refractivity contribution in [3.63, 3.8) is 0 Å². The van der Waals surface area contributed by atoms with Gasteiger partial charge in [0.1, 0.15) is 5.75 Å². The van der Waals surface area contributed by atoms with E-state index in [1.807, 2.05) is 18.3 Å². The molecular weight excluding hydrogens is 488 g/mol. The van der Waals surface area contributed by atoms with Crippen LogP contribution in [0.4, 0.5) is 5.69 Å². The van der Waals surface area contributed by atoms with Crippen molar-refractivity contribution in [2.75, 3.05) is 4.90 Å². The van der Waals surface area contributed by atoms with Gasteiger partial charge in [0.25, 0.3) is 0 Å². The van der Waals surface area contributed by atoms with Gasteiger partial charge in [-0.05, 0) is 124 Å². The van der Waals surface area contributed by atoms with Crippen LogP contribution in [-0.2, 0) is 0 Å². The maximum Gasteiger partial charge on any atom is 0.174 e. The molecule has 0 spiro atoms. The number of aromatic nitrogens is 2. The Morgan fingerprint density at radius 2 is 1.68 bits per heavy atom. The van der Waals surface area contributed by atoms with Gasteiger partial charge in [0.15, 0.2) is 5.11 Å². The molecule has 2 aromatic carbocycles. The number of thiocarbonyl (C=S) groups is 1. The molecule has 2 atom stereocenters. The van der Waals surface area contributed by atoms with Gasteiger partial charge in [-0.2, -0.15) is 0 Å². The molecule has 6 rings (SSSR count). The van der Waals surface area contributed by atoms with Crippen LogP contribution < -0.4 is 15.0 Å². The third kappa shape index (κ3) is 4.58. The van der Waals surface area contributed by atoms with Gasteiger partial charge < -0.3 is 19.5 Å². The number of aryl methyl sites for hydroxylation is 2. The van der Waals surface area contributed by atoms with Gasteiger partial charge in [0, 0.05) is 29.0 Å². The zero-order valence-corrected chi connectivity index (χ0v) is 23.0. The Bertz CT molecular complexity index is 1440. The molecule has 4 aromatic rings. The number of anilines is 1. The zero-order valence-electron chi connectivity index (χ0n) is 22.2. The number of benzene rings is 2. The Morgan fingerprint density at radius 3 is 2.39 bits per heavy atom. The summed E-state index contributed by atoms with van der Waals surface area (Å²) < 4.78 is 8.58. The average molecular weight is 523 g/mol. The second-order valence-corrected chi connectivity index (χ2v) is 10.9. The van der Waals surface area contributed by atoms with E-state index in [0.29, 0.717) is 11.2 Å². The predicted molar refractivity (Wildman–Crippen MR) is 157 cm³/mol. The fourth-order valence-electron chi connectivity index (χ4n) is 6.08. The van der Waals surface area contributed by atoms with Crippen LogP contribution in [0.2, 0.25) is 0 Å². The summed E-state index contributed by atoms with van der Waals surface area (Å²) in [6.07, 6.45) is 7.00. The molecule has 1 saturated carbocycles. The van der Waals surface area contributed by atoms with Crippen molar-refractivity contribution in [2.45, 2.75) is 64.6 Å². The molecule has 2 aliphatic rings. The molecule has 2 fully saturated rings. The highest BCUT2D eigenvalue weighted by atomic mass is 32.1. The Labute approximate surface area is 230 Å². The molecule has 3 heterocycles. The monoisotopic (exact) mass is 522 g/mol. The number of rotatable bonds is 6. The molecule has 0 amide bonds. The van der Waals surface area contributed by atoms with Crippen molar-refractivity contribution in [1.29, 1.82) is 0 Å². The normalized spacial score (nSPS) is 19.7. The van der Waals surface area contributed by atoms with Gasteiger partial charge in [-0.3, -0.25) is 4.98 Å². The molecule has 38 heavy (non-hydrogen) atoms. The number of ether oxygens (including phenoxy) is 1. The highest BCUT2D eigenvalue weighted by Crippen LogP contribution is 2.44. The second-order valence-electron chi connectivity index (χ2n) is 10.5. The minimum atomic E-state index is -0.0791. The van der Waals surface area contributed by atoms with E-state index in [1.165, 1.54) is 41.0 Å². The summed E-state index contributed by atoms with van der Waals surface area (Å²) in [7, 11) is 0. The lowest BCUT2D eigenvalue weighted by Gasteiger charge is -2.28. The van der Waals surface area contributed by atoms with E-state index in [0.717, 1.165) is 30.0 Å². The predicted octanol–water partition coefficient (Wildman–Crippen LogP) is 7.30. The SMILES string of the molecule is Cc1cccc(-n2c(C)cc(C3C(c4ccccn4)NC(=S)N3c3ccc(OC4CCCC4)cc3)c2C)c1. The highest BCUT2D eigenvalue weighted by molar-refractivity contribution is 7.80. The van der Waals surface area contributed by atoms with Gasteiger partial charge in [-0.25, -0.2) is 0 Å². The lowest BCUT2D eigenvalue weighted by atomic mass is 9.96. The highest BCUT2D eigenvalue weighted by Gasteiger charge is 2.42. The van der Waals surface area contributed by atoms with Gasteiger partial charge in [-0.15, -0.1) is 0 Å². The van der Waals surface area contributed by atoms with Crippen molar-refractivity contribution >= 4 is 23.0 Å². The lowest BCUT2D eigenvalue weighted by Crippen LogP contribution is -2.29. The van der Waals surface area contributed by atoms with E-state index in [1.54, 1.807) is 0 Å². The Kier molecular flexibility index (Phi) is 6.66. The van der Waals surface area contributed by atoms with E-state index >= 15 is 0 Å². The van der Waals surface area contributed by atoms with Crippen molar-refractivity contribution in [3.05, 3.63) is 107 Å². The van der Waals surface area contributed by atoms with Crippen LogP contribution in [0.15, 0.2) is 79.0 Å². The number of nitrogens with zero attached hydrogens (tertiary/aromatic N) is 3. The largest absolute Gasteiger partial charge is 0.490 e. The standard InChI is InChI=1S/C32H34N4OS/c1-21-9-8-10-25(19-21)35-22(2)20-28(23(35)3)31-30(29-13-6-7-18-33-29)34-32(38)36(31)24-14-16-27(17-15-24)37-26-11-4-5-12-26/h6-10,13-20,26,30-31H,4-5,11-12H2,1-3H3,(H,34,38). The Hall–Kier alpha value is -3.64. The summed E-state index contributed by atoms with van der Waals surface area (Å²) in [5, 5.41) is 4.30. The molecule has 6 heteroatoms. The van der Waals surface area contributed by atoms with Crippen molar-refractivity contribution in [2.24, 2.45) is 0 Å². The lowest BCUT2D eigenvalue weighted by molar-refractivity contribution is 0.210. The maximum atomic E-state index is 6.24. The van der Waals surface area contributed by atoms with E-state index < -0.39 is 0 Å². The molecule has 1 aliphatic carbocycles. The van der Waals surface area contributed by atoms with Crippen LogP contribution in [0.3, 0.4) is 0 Å². The number of nitrogens with one attached hydrogen (secondary N) is 1. The van der Waals surface area contributed by atoms with Crippen LogP contribution in [0, 0.1) is 20.8 Å². The summed E-state index contributed by atoms with van der Waals surface area (Å²) in [5.41, 5.74) is 8.08. The van der Waals surface area contributed by atoms with Crippen LogP contribution in [0.25, 0.3) is 5.69 Å². The van der Waals surface area contributed by atoms with Gasteiger partial charge in [0.05, 0.1) is 23.9 Å². The van der Waals surface area contributed by atoms with E-state index in [9.17, 15) is 0 Å². The summed E-state index contributed by atoms with van der Waals surface area (Å²) >= 11 is 5.97. The van der Waals surface area contributed by atoms with Gasteiger partial charge in [0.2, 0.25) is 0 Å². The molecule has 0 bridgehead atoms. The Balaban J connectivity index is 1.41. The minimum absolute atomic E-state index is 0.0521. The summed E-state index contributed by atoms with van der Waals surface area (Å²) in [6.45, 7) is 6.52. The maximum absolute atomic E-state index is 6.24. The summed E-state index contributed by atoms with van der Waals surface area (Å²) in [6, 6.07) is 25.3. The van der Waals surface area contributed by atoms with E-state index in [4.69, 9.17) is 21.9 Å². The van der Waals surface area contributed by atoms with Gasteiger partial charge in [-0.1, -0.05) is 18.2 Å². The Morgan fingerprint density at radius 1 is 0.895 bits per heavy atom. The first kappa shape index (κ1) is 24.7. The van der Waals surface area contributed by atoms with Crippen LogP contribution >= 0.6 is 12.2 Å². The first-order valence-corrected chi connectivity index (χ1v) is 13.9. The molecule has 1 saturated heterocycles. The molecule has 1 N–H and O–H groups in total. The smallest absolute Gasteiger partial charge is 0.174 e. The molecule has 2 unspecified atom stereocenters. The third-order valence-corrected chi connectivity index (χ3v) is 8.18. The molecule has 2 aromatic heterocycles. The molecule has 5 nitrogen and oxygen atoms in total. The number of pyridine rings is 1. The van der Waals surface area contributed by atoms with E-state index in [2.05, 4.69) is 96.2 Å². The van der Waals surface area contributed by atoms with Crippen LogP contribution in [0.5, 0.6) is 5.75 Å². The first-order valence-electron chi connectivity index (χ1n) is 13.5. The fraction of sp³-hybridized carbons (Fsp3) is 0.312. The van der Waals surface area contributed by atoms with Crippen molar-refractivity contribution < 1.29 is 4.74 Å². The number of hydrogen-bond donors (Lipinski definition) is 1. The number of hydrogen-bond acceptors (Lipinski definition) is 3.